The standard InChI is InChI=1S/C25H22BrN3O7S/c26-21-14-18(29(32)33)10-11-22(21)27-24(30)16-36-25(31)15-23-20-9-5-4-6-17(20)12-13-28(23)37(34,35)19-7-2-1-3-8-19/h1-11,14,23H,12-13,15-16H2,(H,27,30). The summed E-state index contributed by atoms with van der Waals surface area (Å²) in [4.78, 5) is 35.5. The molecule has 0 bridgehead atoms. The summed E-state index contributed by atoms with van der Waals surface area (Å²) in [5.74, 6) is -1.39. The molecule has 3 aromatic carbocycles. The van der Waals surface area contributed by atoms with Gasteiger partial charge in [-0.2, -0.15) is 4.31 Å². The molecule has 192 valence electrons. The molecule has 1 N–H and O–H groups in total. The largest absolute Gasteiger partial charge is 0.456 e. The van der Waals surface area contributed by atoms with Crippen molar-refractivity contribution in [3.63, 3.8) is 0 Å². The first-order valence-electron chi connectivity index (χ1n) is 11.2. The molecule has 1 heterocycles. The molecule has 10 nitrogen and oxygen atoms in total. The van der Waals surface area contributed by atoms with E-state index in [1.54, 1.807) is 30.3 Å². The van der Waals surface area contributed by atoms with Crippen LogP contribution in [-0.4, -0.2) is 42.7 Å². The van der Waals surface area contributed by atoms with Gasteiger partial charge in [0.2, 0.25) is 10.0 Å². The second-order valence-corrected chi connectivity index (χ2v) is 11.0. The number of rotatable bonds is 8. The van der Waals surface area contributed by atoms with Crippen LogP contribution in [0.3, 0.4) is 0 Å². The number of hydrogen-bond acceptors (Lipinski definition) is 7. The molecule has 1 unspecified atom stereocenters. The number of nitrogens with one attached hydrogen (secondary N) is 1. The number of hydrogen-bond donors (Lipinski definition) is 1. The van der Waals surface area contributed by atoms with Crippen molar-refractivity contribution in [2.24, 2.45) is 0 Å². The highest BCUT2D eigenvalue weighted by molar-refractivity contribution is 9.10. The Labute approximate surface area is 221 Å². The van der Waals surface area contributed by atoms with Gasteiger partial charge in [0.15, 0.2) is 6.61 Å². The van der Waals surface area contributed by atoms with E-state index < -0.39 is 39.5 Å². The number of amides is 1. The number of benzene rings is 3. The van der Waals surface area contributed by atoms with Gasteiger partial charge in [0.05, 0.1) is 28.0 Å². The number of nitro benzene ring substituents is 1. The van der Waals surface area contributed by atoms with Crippen LogP contribution in [0.4, 0.5) is 11.4 Å². The van der Waals surface area contributed by atoms with Gasteiger partial charge in [0.25, 0.3) is 11.6 Å². The molecular weight excluding hydrogens is 566 g/mol. The minimum absolute atomic E-state index is 0.126. The lowest BCUT2D eigenvalue weighted by Crippen LogP contribution is -2.41. The van der Waals surface area contributed by atoms with Gasteiger partial charge in [-0.25, -0.2) is 8.42 Å². The van der Waals surface area contributed by atoms with Crippen LogP contribution in [-0.2, 0) is 30.8 Å². The summed E-state index contributed by atoms with van der Waals surface area (Å²) in [5, 5.41) is 13.4. The van der Waals surface area contributed by atoms with Crippen LogP contribution in [0.15, 0.2) is 82.2 Å². The summed E-state index contributed by atoms with van der Waals surface area (Å²) in [6, 6.07) is 18.4. The van der Waals surface area contributed by atoms with Gasteiger partial charge < -0.3 is 10.1 Å². The Hall–Kier alpha value is -3.61. The first-order valence-corrected chi connectivity index (χ1v) is 13.4. The third-order valence-corrected chi connectivity index (χ3v) is 8.45. The first-order chi connectivity index (χ1) is 17.7. The monoisotopic (exact) mass is 587 g/mol. The fourth-order valence-electron chi connectivity index (χ4n) is 4.12. The summed E-state index contributed by atoms with van der Waals surface area (Å²) in [6.07, 6.45) is 0.220. The van der Waals surface area contributed by atoms with Crippen LogP contribution in [0.2, 0.25) is 0 Å². The number of esters is 1. The molecular formula is C25H22BrN3O7S. The van der Waals surface area contributed by atoms with Crippen LogP contribution in [0.25, 0.3) is 0 Å². The Morgan fingerprint density at radius 2 is 1.78 bits per heavy atom. The van der Waals surface area contributed by atoms with Crippen LogP contribution in [0.5, 0.6) is 0 Å². The van der Waals surface area contributed by atoms with Crippen LogP contribution in [0, 0.1) is 10.1 Å². The van der Waals surface area contributed by atoms with Crippen molar-refractivity contribution >= 4 is 49.2 Å². The fraction of sp³-hybridized carbons (Fsp3) is 0.200. The Balaban J connectivity index is 1.46. The predicted octanol–water partition coefficient (Wildman–Crippen LogP) is 4.22. The van der Waals surface area contributed by atoms with E-state index in [0.29, 0.717) is 16.5 Å². The smallest absolute Gasteiger partial charge is 0.308 e. The number of carbonyl (C=O) groups excluding carboxylic acids is 2. The van der Waals surface area contributed by atoms with Crippen molar-refractivity contribution < 1.29 is 27.7 Å². The van der Waals surface area contributed by atoms with Crippen LogP contribution >= 0.6 is 15.9 Å². The molecule has 4 rings (SSSR count). The predicted molar refractivity (Wildman–Crippen MR) is 138 cm³/mol. The van der Waals surface area contributed by atoms with Gasteiger partial charge in [-0.15, -0.1) is 0 Å². The van der Waals surface area contributed by atoms with Crippen molar-refractivity contribution in [1.29, 1.82) is 0 Å². The van der Waals surface area contributed by atoms with Crippen molar-refractivity contribution in [3.05, 3.63) is 98.5 Å². The molecule has 1 amide bonds. The van der Waals surface area contributed by atoms with Gasteiger partial charge in [0, 0.05) is 23.2 Å². The number of halogens is 1. The van der Waals surface area contributed by atoms with Gasteiger partial charge in [-0.1, -0.05) is 42.5 Å². The SMILES string of the molecule is O=C(COC(=O)CC1c2ccccc2CCN1S(=O)(=O)c1ccccc1)Nc1ccc([N+](=O)[O-])cc1Br. The molecule has 0 spiro atoms. The molecule has 0 saturated carbocycles. The number of carbonyl (C=O) groups is 2. The number of fused-ring (bicyclic) bond motifs is 1. The summed E-state index contributed by atoms with van der Waals surface area (Å²) in [6.45, 7) is -0.414. The van der Waals surface area contributed by atoms with E-state index in [2.05, 4.69) is 21.2 Å². The average molecular weight is 588 g/mol. The van der Waals surface area contributed by atoms with E-state index >= 15 is 0 Å². The maximum atomic E-state index is 13.4. The zero-order valence-electron chi connectivity index (χ0n) is 19.4. The lowest BCUT2D eigenvalue weighted by Gasteiger charge is -2.36. The molecule has 0 aromatic heterocycles. The van der Waals surface area contributed by atoms with E-state index in [0.717, 1.165) is 5.56 Å². The van der Waals surface area contributed by atoms with E-state index in [1.165, 1.54) is 34.6 Å². The highest BCUT2D eigenvalue weighted by Gasteiger charge is 2.37. The molecule has 12 heteroatoms. The topological polar surface area (TPSA) is 136 Å². The van der Waals surface area contributed by atoms with Gasteiger partial charge in [-0.05, 0) is 51.7 Å². The van der Waals surface area contributed by atoms with Crippen molar-refractivity contribution in [2.75, 3.05) is 18.5 Å². The van der Waals surface area contributed by atoms with E-state index in [4.69, 9.17) is 4.74 Å². The maximum absolute atomic E-state index is 13.4. The van der Waals surface area contributed by atoms with E-state index in [-0.39, 0.29) is 29.2 Å². The third-order valence-electron chi connectivity index (χ3n) is 5.87. The molecule has 3 aromatic rings. The molecule has 0 saturated heterocycles. The Bertz CT molecular complexity index is 1450. The third kappa shape index (κ3) is 6.04. The molecule has 0 radical (unpaired) electrons. The Morgan fingerprint density at radius 1 is 1.08 bits per heavy atom. The van der Waals surface area contributed by atoms with Crippen molar-refractivity contribution in [1.82, 2.24) is 4.31 Å². The summed E-state index contributed by atoms with van der Waals surface area (Å²) in [5.41, 5.74) is 1.78. The summed E-state index contributed by atoms with van der Waals surface area (Å²) in [7, 11) is -3.89. The molecule has 1 aliphatic rings. The number of anilines is 1. The second kappa shape index (κ2) is 11.2. The minimum atomic E-state index is -3.89. The first kappa shape index (κ1) is 26.5. The molecule has 37 heavy (non-hydrogen) atoms. The highest BCUT2D eigenvalue weighted by Crippen LogP contribution is 2.36. The fourth-order valence-corrected chi connectivity index (χ4v) is 6.22. The Kier molecular flexibility index (Phi) is 8.00. The van der Waals surface area contributed by atoms with Gasteiger partial charge in [0.1, 0.15) is 0 Å². The lowest BCUT2D eigenvalue weighted by atomic mass is 9.92. The van der Waals surface area contributed by atoms with Crippen molar-refractivity contribution in [3.8, 4) is 0 Å². The van der Waals surface area contributed by atoms with Gasteiger partial charge in [-0.3, -0.25) is 19.7 Å². The van der Waals surface area contributed by atoms with Crippen LogP contribution in [0.1, 0.15) is 23.6 Å². The maximum Gasteiger partial charge on any atom is 0.308 e. The Morgan fingerprint density at radius 3 is 2.49 bits per heavy atom. The molecule has 1 aliphatic heterocycles. The minimum Gasteiger partial charge on any atom is -0.456 e. The summed E-state index contributed by atoms with van der Waals surface area (Å²) >= 11 is 3.16. The molecule has 0 fully saturated rings. The second-order valence-electron chi connectivity index (χ2n) is 8.23. The zero-order chi connectivity index (χ0) is 26.6. The summed E-state index contributed by atoms with van der Waals surface area (Å²) < 4.78 is 33.6. The number of non-ortho nitro benzene ring substituents is 1. The molecule has 0 aliphatic carbocycles. The number of ether oxygens (including phenoxy) is 1. The average Bonchev–Trinajstić information content (AvgIpc) is 2.89. The van der Waals surface area contributed by atoms with E-state index in [1.807, 2.05) is 12.1 Å². The number of nitrogens with zero attached hydrogens (tertiary/aromatic N) is 2. The van der Waals surface area contributed by atoms with Gasteiger partial charge >= 0.3 is 5.97 Å². The number of sulfonamides is 1. The highest BCUT2D eigenvalue weighted by atomic mass is 79.9. The number of nitro groups is 1. The quantitative estimate of drug-likeness (QED) is 0.237. The van der Waals surface area contributed by atoms with Crippen LogP contribution < -0.4 is 5.32 Å². The normalized spacial score (nSPS) is 15.4. The lowest BCUT2D eigenvalue weighted by molar-refractivity contribution is -0.384. The molecule has 1 atom stereocenters. The van der Waals surface area contributed by atoms with E-state index in [9.17, 15) is 28.1 Å². The zero-order valence-corrected chi connectivity index (χ0v) is 21.8. The van der Waals surface area contributed by atoms with Crippen molar-refractivity contribution in [2.45, 2.75) is 23.8 Å².